The molecule has 136 valence electrons. The van der Waals surface area contributed by atoms with Crippen molar-refractivity contribution in [3.05, 3.63) is 35.9 Å². The first-order chi connectivity index (χ1) is 12.2. The number of nitrogens with one attached hydrogen (secondary N) is 1. The third-order valence-corrected chi connectivity index (χ3v) is 4.67. The number of nitrogens with zero attached hydrogens (tertiary/aromatic N) is 3. The Balaban J connectivity index is 1.90. The SMILES string of the molecule is COc1cc(OC)c(OC)cc1CN1CCNCC1c1nccn1C. The number of aromatic nitrogens is 2. The molecule has 1 atom stereocenters. The number of aryl methyl sites for hydroxylation is 1. The lowest BCUT2D eigenvalue weighted by atomic mass is 10.1. The van der Waals surface area contributed by atoms with Gasteiger partial charge in [-0.05, 0) is 6.07 Å². The van der Waals surface area contributed by atoms with Crippen LogP contribution in [-0.4, -0.2) is 55.4 Å². The van der Waals surface area contributed by atoms with E-state index >= 15 is 0 Å². The average molecular weight is 346 g/mol. The van der Waals surface area contributed by atoms with Crippen LogP contribution in [0.4, 0.5) is 0 Å². The molecule has 2 heterocycles. The molecule has 0 bridgehead atoms. The summed E-state index contributed by atoms with van der Waals surface area (Å²) in [6.07, 6.45) is 3.83. The van der Waals surface area contributed by atoms with Crippen molar-refractivity contribution in [2.45, 2.75) is 12.6 Å². The summed E-state index contributed by atoms with van der Waals surface area (Å²) in [7, 11) is 6.99. The molecule has 0 spiro atoms. The van der Waals surface area contributed by atoms with Gasteiger partial charge in [-0.1, -0.05) is 0 Å². The fourth-order valence-corrected chi connectivity index (χ4v) is 3.32. The van der Waals surface area contributed by atoms with Gasteiger partial charge < -0.3 is 24.1 Å². The number of hydrogen-bond donors (Lipinski definition) is 1. The summed E-state index contributed by atoms with van der Waals surface area (Å²) in [6, 6.07) is 4.09. The van der Waals surface area contributed by atoms with Crippen molar-refractivity contribution in [2.24, 2.45) is 7.05 Å². The minimum Gasteiger partial charge on any atom is -0.496 e. The van der Waals surface area contributed by atoms with Gasteiger partial charge in [-0.3, -0.25) is 4.90 Å². The molecule has 1 aromatic carbocycles. The van der Waals surface area contributed by atoms with Crippen molar-refractivity contribution in [1.82, 2.24) is 19.8 Å². The summed E-state index contributed by atoms with van der Waals surface area (Å²) in [5, 5.41) is 3.46. The maximum absolute atomic E-state index is 5.58. The Morgan fingerprint density at radius 1 is 1.12 bits per heavy atom. The predicted molar refractivity (Wildman–Crippen MR) is 95.3 cm³/mol. The van der Waals surface area contributed by atoms with E-state index in [1.807, 2.05) is 31.6 Å². The van der Waals surface area contributed by atoms with Gasteiger partial charge in [0.05, 0.1) is 27.4 Å². The molecule has 1 aromatic heterocycles. The second-order valence-corrected chi connectivity index (χ2v) is 6.11. The van der Waals surface area contributed by atoms with E-state index < -0.39 is 0 Å². The van der Waals surface area contributed by atoms with Crippen LogP contribution in [0.1, 0.15) is 17.4 Å². The van der Waals surface area contributed by atoms with Crippen LogP contribution in [0.25, 0.3) is 0 Å². The van der Waals surface area contributed by atoms with Crippen LogP contribution in [0.3, 0.4) is 0 Å². The lowest BCUT2D eigenvalue weighted by molar-refractivity contribution is 0.143. The van der Waals surface area contributed by atoms with Crippen LogP contribution in [0.15, 0.2) is 24.5 Å². The normalized spacial score (nSPS) is 18.2. The van der Waals surface area contributed by atoms with Gasteiger partial charge in [0.2, 0.25) is 0 Å². The quantitative estimate of drug-likeness (QED) is 0.857. The first-order valence-corrected chi connectivity index (χ1v) is 8.38. The molecule has 1 aliphatic heterocycles. The van der Waals surface area contributed by atoms with E-state index in [0.717, 1.165) is 43.3 Å². The Labute approximate surface area is 148 Å². The van der Waals surface area contributed by atoms with E-state index in [4.69, 9.17) is 14.2 Å². The highest BCUT2D eigenvalue weighted by Crippen LogP contribution is 2.36. The first kappa shape index (κ1) is 17.6. The van der Waals surface area contributed by atoms with Gasteiger partial charge in [0.15, 0.2) is 11.5 Å². The highest BCUT2D eigenvalue weighted by Gasteiger charge is 2.28. The molecule has 1 aliphatic rings. The molecule has 1 N–H and O–H groups in total. The van der Waals surface area contributed by atoms with Crippen LogP contribution in [0, 0.1) is 0 Å². The van der Waals surface area contributed by atoms with Gasteiger partial charge in [0.25, 0.3) is 0 Å². The van der Waals surface area contributed by atoms with E-state index in [1.54, 1.807) is 21.3 Å². The van der Waals surface area contributed by atoms with Gasteiger partial charge in [0, 0.05) is 57.3 Å². The molecule has 7 nitrogen and oxygen atoms in total. The van der Waals surface area contributed by atoms with E-state index in [-0.39, 0.29) is 6.04 Å². The fourth-order valence-electron chi connectivity index (χ4n) is 3.32. The first-order valence-electron chi connectivity index (χ1n) is 8.38. The molecule has 3 rings (SSSR count). The summed E-state index contributed by atoms with van der Waals surface area (Å²) >= 11 is 0. The van der Waals surface area contributed by atoms with Gasteiger partial charge in [-0.25, -0.2) is 4.98 Å². The molecule has 0 aliphatic carbocycles. The predicted octanol–water partition coefficient (Wildman–Crippen LogP) is 1.59. The van der Waals surface area contributed by atoms with E-state index in [9.17, 15) is 0 Å². The third-order valence-electron chi connectivity index (χ3n) is 4.67. The van der Waals surface area contributed by atoms with Crippen molar-refractivity contribution < 1.29 is 14.2 Å². The molecule has 0 amide bonds. The molecule has 0 radical (unpaired) electrons. The van der Waals surface area contributed by atoms with Crippen molar-refractivity contribution in [1.29, 1.82) is 0 Å². The molecule has 1 saturated heterocycles. The minimum absolute atomic E-state index is 0.214. The monoisotopic (exact) mass is 346 g/mol. The average Bonchev–Trinajstić information content (AvgIpc) is 3.07. The van der Waals surface area contributed by atoms with E-state index in [2.05, 4.69) is 19.8 Å². The van der Waals surface area contributed by atoms with Crippen molar-refractivity contribution in [2.75, 3.05) is 41.0 Å². The highest BCUT2D eigenvalue weighted by atomic mass is 16.5. The lowest BCUT2D eigenvalue weighted by Gasteiger charge is -2.36. The van der Waals surface area contributed by atoms with E-state index in [0.29, 0.717) is 11.5 Å². The second kappa shape index (κ2) is 7.76. The third kappa shape index (κ3) is 3.57. The molecule has 25 heavy (non-hydrogen) atoms. The Morgan fingerprint density at radius 2 is 1.84 bits per heavy atom. The molecule has 1 unspecified atom stereocenters. The zero-order valence-electron chi connectivity index (χ0n) is 15.3. The van der Waals surface area contributed by atoms with Gasteiger partial charge in [0.1, 0.15) is 11.6 Å². The molecular formula is C18H26N4O3. The summed E-state index contributed by atoms with van der Waals surface area (Å²) in [4.78, 5) is 6.96. The number of ether oxygens (including phenoxy) is 3. The molecule has 0 saturated carbocycles. The second-order valence-electron chi connectivity index (χ2n) is 6.11. The van der Waals surface area contributed by atoms with Crippen LogP contribution in [0.2, 0.25) is 0 Å². The number of hydrogen-bond acceptors (Lipinski definition) is 6. The van der Waals surface area contributed by atoms with Crippen LogP contribution in [0.5, 0.6) is 17.2 Å². The van der Waals surface area contributed by atoms with Crippen LogP contribution >= 0.6 is 0 Å². The highest BCUT2D eigenvalue weighted by molar-refractivity contribution is 5.50. The van der Waals surface area contributed by atoms with Gasteiger partial charge in [-0.2, -0.15) is 0 Å². The van der Waals surface area contributed by atoms with Crippen molar-refractivity contribution in [3.63, 3.8) is 0 Å². The Bertz CT molecular complexity index is 716. The topological polar surface area (TPSA) is 60.8 Å². The fraction of sp³-hybridized carbons (Fsp3) is 0.500. The summed E-state index contributed by atoms with van der Waals surface area (Å²) in [5.74, 6) is 3.24. The largest absolute Gasteiger partial charge is 0.496 e. The smallest absolute Gasteiger partial charge is 0.164 e. The van der Waals surface area contributed by atoms with Crippen molar-refractivity contribution in [3.8, 4) is 17.2 Å². The van der Waals surface area contributed by atoms with Crippen molar-refractivity contribution >= 4 is 0 Å². The summed E-state index contributed by atoms with van der Waals surface area (Å²) in [5.41, 5.74) is 1.07. The van der Waals surface area contributed by atoms with Gasteiger partial charge in [-0.15, -0.1) is 0 Å². The number of rotatable bonds is 6. The lowest BCUT2D eigenvalue weighted by Crippen LogP contribution is -2.46. The molecule has 1 fully saturated rings. The summed E-state index contributed by atoms with van der Waals surface area (Å²) in [6.45, 7) is 3.52. The van der Waals surface area contributed by atoms with Gasteiger partial charge >= 0.3 is 0 Å². The van der Waals surface area contributed by atoms with Crippen LogP contribution < -0.4 is 19.5 Å². The molecule has 2 aromatic rings. The molecular weight excluding hydrogens is 320 g/mol. The minimum atomic E-state index is 0.214. The maximum Gasteiger partial charge on any atom is 0.164 e. The summed E-state index contributed by atoms with van der Waals surface area (Å²) < 4.78 is 18.5. The molecule has 7 heteroatoms. The Hall–Kier alpha value is -2.25. The Kier molecular flexibility index (Phi) is 5.45. The number of piperazine rings is 1. The maximum atomic E-state index is 5.58. The Morgan fingerprint density at radius 3 is 2.48 bits per heavy atom. The zero-order chi connectivity index (χ0) is 17.8. The number of methoxy groups -OCH3 is 3. The van der Waals surface area contributed by atoms with E-state index in [1.165, 1.54) is 0 Å². The number of benzene rings is 1. The zero-order valence-corrected chi connectivity index (χ0v) is 15.3. The number of imidazole rings is 1. The standard InChI is InChI=1S/C18H26N4O3/c1-21-7-6-20-18(21)14-11-19-5-8-22(14)12-13-9-16(24-3)17(25-4)10-15(13)23-2/h6-7,9-10,14,19H,5,8,11-12H2,1-4H3. The van der Waals surface area contributed by atoms with Crippen LogP contribution in [-0.2, 0) is 13.6 Å².